The van der Waals surface area contributed by atoms with Crippen LogP contribution in [0.5, 0.6) is 0 Å². The van der Waals surface area contributed by atoms with Gasteiger partial charge in [0.25, 0.3) is 0 Å². The predicted octanol–water partition coefficient (Wildman–Crippen LogP) is 2.90. The van der Waals surface area contributed by atoms with Crippen molar-refractivity contribution in [2.24, 2.45) is 17.8 Å². The lowest BCUT2D eigenvalue weighted by molar-refractivity contribution is -0.126. The van der Waals surface area contributed by atoms with E-state index in [1.807, 2.05) is 0 Å². The molecule has 0 aromatic heterocycles. The zero-order chi connectivity index (χ0) is 15.1. The van der Waals surface area contributed by atoms with E-state index in [0.29, 0.717) is 11.7 Å². The van der Waals surface area contributed by atoms with Crippen molar-refractivity contribution in [3.63, 3.8) is 0 Å². The van der Waals surface area contributed by atoms with Gasteiger partial charge in [0, 0.05) is 32.0 Å². The van der Waals surface area contributed by atoms with E-state index < -0.39 is 0 Å². The average molecular weight is 282 g/mol. The first kappa shape index (κ1) is 17.6. The lowest BCUT2D eigenvalue weighted by atomic mass is 9.75. The molecule has 0 N–H and O–H groups in total. The number of likely N-dealkylation sites (N-methyl/N-ethyl adjacent to an activating group) is 1. The molecule has 1 fully saturated rings. The van der Waals surface area contributed by atoms with Crippen LogP contribution in [0, 0.1) is 17.8 Å². The first-order chi connectivity index (χ1) is 9.43. The van der Waals surface area contributed by atoms with Gasteiger partial charge in [0.1, 0.15) is 5.78 Å². The Balaban J connectivity index is 2.53. The summed E-state index contributed by atoms with van der Waals surface area (Å²) in [6, 6.07) is 0. The van der Waals surface area contributed by atoms with Crippen LogP contribution in [0.25, 0.3) is 0 Å². The number of carbonyl (C=O) groups is 1. The summed E-state index contributed by atoms with van der Waals surface area (Å²) in [5.74, 6) is 2.25. The molecule has 0 bridgehead atoms. The van der Waals surface area contributed by atoms with Crippen LogP contribution in [-0.2, 0) is 4.79 Å². The molecule has 0 aromatic rings. The van der Waals surface area contributed by atoms with Gasteiger partial charge < -0.3 is 9.80 Å². The third-order valence-corrected chi connectivity index (χ3v) is 4.63. The van der Waals surface area contributed by atoms with Crippen molar-refractivity contribution in [1.82, 2.24) is 9.80 Å². The van der Waals surface area contributed by atoms with Crippen molar-refractivity contribution in [1.29, 1.82) is 0 Å². The van der Waals surface area contributed by atoms with Crippen LogP contribution in [0.2, 0.25) is 0 Å². The summed E-state index contributed by atoms with van der Waals surface area (Å²) in [7, 11) is 4.23. The molecule has 0 saturated heterocycles. The Morgan fingerprint density at radius 1 is 1.20 bits per heavy atom. The monoisotopic (exact) mass is 282 g/mol. The molecule has 0 heterocycles. The van der Waals surface area contributed by atoms with Gasteiger partial charge in [-0.2, -0.15) is 0 Å². The number of nitrogens with zero attached hydrogens (tertiary/aromatic N) is 2. The number of hydrogen-bond acceptors (Lipinski definition) is 3. The van der Waals surface area contributed by atoms with Crippen molar-refractivity contribution < 1.29 is 4.79 Å². The van der Waals surface area contributed by atoms with Gasteiger partial charge in [-0.05, 0) is 51.7 Å². The van der Waals surface area contributed by atoms with Gasteiger partial charge in [-0.1, -0.05) is 20.8 Å². The zero-order valence-electron chi connectivity index (χ0n) is 14.2. The van der Waals surface area contributed by atoms with Crippen LogP contribution in [-0.4, -0.2) is 55.9 Å². The molecule has 2 atom stereocenters. The smallest absolute Gasteiger partial charge is 0.137 e. The minimum Gasteiger partial charge on any atom is -0.308 e. The molecule has 0 aromatic carbocycles. The normalized spacial score (nSPS) is 24.1. The van der Waals surface area contributed by atoms with Gasteiger partial charge in [-0.3, -0.25) is 4.79 Å². The predicted molar refractivity (Wildman–Crippen MR) is 86.0 cm³/mol. The standard InChI is InChI=1S/C17H34N2O/c1-6-9-19(11-10-18(4)5)13-16-12-15(14(2)3)7-8-17(16)20/h14-16H,6-13H2,1-5H3. The van der Waals surface area contributed by atoms with Crippen LogP contribution >= 0.6 is 0 Å². The van der Waals surface area contributed by atoms with E-state index in [1.165, 1.54) is 6.42 Å². The van der Waals surface area contributed by atoms with E-state index in [2.05, 4.69) is 44.7 Å². The van der Waals surface area contributed by atoms with Crippen LogP contribution in [0.3, 0.4) is 0 Å². The highest BCUT2D eigenvalue weighted by atomic mass is 16.1. The zero-order valence-corrected chi connectivity index (χ0v) is 14.2. The van der Waals surface area contributed by atoms with Gasteiger partial charge in [0.2, 0.25) is 0 Å². The number of carbonyl (C=O) groups excluding carboxylic acids is 1. The molecule has 0 amide bonds. The Morgan fingerprint density at radius 3 is 2.45 bits per heavy atom. The molecule has 118 valence electrons. The van der Waals surface area contributed by atoms with Gasteiger partial charge in [-0.15, -0.1) is 0 Å². The van der Waals surface area contributed by atoms with E-state index in [1.54, 1.807) is 0 Å². The van der Waals surface area contributed by atoms with E-state index in [9.17, 15) is 4.79 Å². The van der Waals surface area contributed by atoms with E-state index in [0.717, 1.165) is 51.4 Å². The highest BCUT2D eigenvalue weighted by molar-refractivity contribution is 5.82. The summed E-state index contributed by atoms with van der Waals surface area (Å²) in [6.45, 7) is 11.1. The molecule has 3 heteroatoms. The fourth-order valence-corrected chi connectivity index (χ4v) is 3.19. The molecule has 0 spiro atoms. The second-order valence-corrected chi connectivity index (χ2v) is 7.05. The maximum absolute atomic E-state index is 12.2. The Kier molecular flexibility index (Phi) is 7.75. The van der Waals surface area contributed by atoms with Gasteiger partial charge in [0.15, 0.2) is 0 Å². The Hall–Kier alpha value is -0.410. The van der Waals surface area contributed by atoms with Crippen LogP contribution in [0.15, 0.2) is 0 Å². The highest BCUT2D eigenvalue weighted by Crippen LogP contribution is 2.32. The third-order valence-electron chi connectivity index (χ3n) is 4.63. The SMILES string of the molecule is CCCN(CCN(C)C)CC1CC(C(C)C)CCC1=O. The summed E-state index contributed by atoms with van der Waals surface area (Å²) in [6.07, 6.45) is 4.19. The largest absolute Gasteiger partial charge is 0.308 e. The minimum atomic E-state index is 0.282. The van der Waals surface area contributed by atoms with Crippen molar-refractivity contribution >= 4 is 5.78 Å². The molecule has 0 aliphatic heterocycles. The molecule has 1 aliphatic rings. The summed E-state index contributed by atoms with van der Waals surface area (Å²) >= 11 is 0. The van der Waals surface area contributed by atoms with E-state index in [-0.39, 0.29) is 5.92 Å². The molecule has 2 unspecified atom stereocenters. The number of hydrogen-bond donors (Lipinski definition) is 0. The number of rotatable bonds is 8. The Labute approximate surface area is 125 Å². The van der Waals surface area contributed by atoms with E-state index >= 15 is 0 Å². The van der Waals surface area contributed by atoms with Crippen LogP contribution in [0.4, 0.5) is 0 Å². The Bertz CT molecular complexity index is 289. The number of Topliss-reactive ketones (excluding diaryl/α,β-unsaturated/α-hetero) is 1. The Morgan fingerprint density at radius 2 is 1.90 bits per heavy atom. The van der Waals surface area contributed by atoms with Crippen molar-refractivity contribution in [3.05, 3.63) is 0 Å². The average Bonchev–Trinajstić information content (AvgIpc) is 2.38. The van der Waals surface area contributed by atoms with Gasteiger partial charge in [0.05, 0.1) is 0 Å². The minimum absolute atomic E-state index is 0.282. The molecule has 1 aliphatic carbocycles. The molecule has 20 heavy (non-hydrogen) atoms. The molecule has 1 rings (SSSR count). The van der Waals surface area contributed by atoms with Crippen molar-refractivity contribution in [2.75, 3.05) is 40.3 Å². The topological polar surface area (TPSA) is 23.6 Å². The van der Waals surface area contributed by atoms with Crippen molar-refractivity contribution in [2.45, 2.75) is 46.5 Å². The van der Waals surface area contributed by atoms with Gasteiger partial charge >= 0.3 is 0 Å². The summed E-state index contributed by atoms with van der Waals surface area (Å²) in [5.41, 5.74) is 0. The fraction of sp³-hybridized carbons (Fsp3) is 0.941. The highest BCUT2D eigenvalue weighted by Gasteiger charge is 2.31. The lowest BCUT2D eigenvalue weighted by Gasteiger charge is -2.34. The first-order valence-electron chi connectivity index (χ1n) is 8.33. The maximum Gasteiger partial charge on any atom is 0.137 e. The van der Waals surface area contributed by atoms with Crippen molar-refractivity contribution in [3.8, 4) is 0 Å². The maximum atomic E-state index is 12.2. The van der Waals surface area contributed by atoms with E-state index in [4.69, 9.17) is 0 Å². The fourth-order valence-electron chi connectivity index (χ4n) is 3.19. The summed E-state index contributed by atoms with van der Waals surface area (Å²) < 4.78 is 0. The molecule has 1 saturated carbocycles. The lowest BCUT2D eigenvalue weighted by Crippen LogP contribution is -2.40. The molecular weight excluding hydrogens is 248 g/mol. The summed E-state index contributed by atoms with van der Waals surface area (Å²) in [5, 5.41) is 0. The third kappa shape index (κ3) is 5.92. The van der Waals surface area contributed by atoms with Crippen LogP contribution < -0.4 is 0 Å². The van der Waals surface area contributed by atoms with Gasteiger partial charge in [-0.25, -0.2) is 0 Å². The first-order valence-corrected chi connectivity index (χ1v) is 8.33. The molecular formula is C17H34N2O. The second-order valence-electron chi connectivity index (χ2n) is 7.05. The summed E-state index contributed by atoms with van der Waals surface area (Å²) in [4.78, 5) is 16.9. The number of ketones is 1. The molecule has 0 radical (unpaired) electrons. The molecule has 3 nitrogen and oxygen atoms in total. The van der Waals surface area contributed by atoms with Crippen LogP contribution in [0.1, 0.15) is 46.5 Å². The quantitative estimate of drug-likeness (QED) is 0.684. The second kappa shape index (κ2) is 8.78.